The molecular weight excluding hydrogens is 344 g/mol. The van der Waals surface area contributed by atoms with Crippen molar-refractivity contribution in [1.82, 2.24) is 5.32 Å². The Balaban J connectivity index is 1.60. The summed E-state index contributed by atoms with van der Waals surface area (Å²) in [5, 5.41) is 11.9. The molecule has 1 aliphatic rings. The molecule has 0 spiro atoms. The van der Waals surface area contributed by atoms with Gasteiger partial charge in [-0.2, -0.15) is 5.26 Å². The molecule has 0 unspecified atom stereocenters. The van der Waals surface area contributed by atoms with Crippen LogP contribution in [-0.2, 0) is 16.0 Å². The van der Waals surface area contributed by atoms with Crippen molar-refractivity contribution in [2.45, 2.75) is 25.0 Å². The topological polar surface area (TPSA) is 80.6 Å². The summed E-state index contributed by atoms with van der Waals surface area (Å²) >= 11 is 0. The number of nitrogens with zero attached hydrogens (tertiary/aromatic N) is 1. The molecule has 2 atom stereocenters. The molecule has 3 rings (SSSR count). The zero-order valence-electron chi connectivity index (χ0n) is 15.2. The number of ether oxygens (including phenoxy) is 3. The number of amides is 1. The Morgan fingerprint density at radius 2 is 2.07 bits per heavy atom. The third kappa shape index (κ3) is 5.22. The maximum Gasteiger partial charge on any atom is 0.224 e. The van der Waals surface area contributed by atoms with Crippen molar-refractivity contribution in [2.75, 3.05) is 20.3 Å². The first-order valence-electron chi connectivity index (χ1n) is 8.85. The highest BCUT2D eigenvalue weighted by Crippen LogP contribution is 2.19. The van der Waals surface area contributed by atoms with Crippen molar-refractivity contribution in [3.63, 3.8) is 0 Å². The molecule has 6 nitrogen and oxygen atoms in total. The zero-order chi connectivity index (χ0) is 19.1. The van der Waals surface area contributed by atoms with E-state index in [0.717, 1.165) is 11.3 Å². The van der Waals surface area contributed by atoms with E-state index >= 15 is 0 Å². The first-order chi connectivity index (χ1) is 13.2. The molecule has 0 bridgehead atoms. The molecule has 0 radical (unpaired) electrons. The van der Waals surface area contributed by atoms with Gasteiger partial charge in [0.15, 0.2) is 0 Å². The second-order valence-corrected chi connectivity index (χ2v) is 6.36. The summed E-state index contributed by atoms with van der Waals surface area (Å²) in [6, 6.07) is 16.3. The lowest BCUT2D eigenvalue weighted by atomic mass is 10.1. The number of rotatable bonds is 6. The highest BCUT2D eigenvalue weighted by atomic mass is 16.5. The SMILES string of the molecule is COc1cccc(CC(=O)N[C@@H]2COCC[C@H]2Oc2ccc(C#N)cc2)c1. The van der Waals surface area contributed by atoms with Crippen molar-refractivity contribution >= 4 is 5.91 Å². The van der Waals surface area contributed by atoms with E-state index in [1.54, 1.807) is 31.4 Å². The summed E-state index contributed by atoms with van der Waals surface area (Å²) in [6.07, 6.45) is 0.766. The summed E-state index contributed by atoms with van der Waals surface area (Å²) in [6.45, 7) is 0.994. The third-order valence-electron chi connectivity index (χ3n) is 4.41. The van der Waals surface area contributed by atoms with Crippen molar-refractivity contribution in [1.29, 1.82) is 5.26 Å². The number of nitriles is 1. The molecule has 1 amide bonds. The molecule has 27 heavy (non-hydrogen) atoms. The van der Waals surface area contributed by atoms with Crippen LogP contribution in [0.4, 0.5) is 0 Å². The standard InChI is InChI=1S/C21H22N2O4/c1-25-18-4-2-3-16(11-18)12-21(24)23-19-14-26-10-9-20(19)27-17-7-5-15(13-22)6-8-17/h2-8,11,19-20H,9-10,12,14H2,1H3,(H,23,24)/t19-,20-/m1/s1. The molecule has 1 saturated heterocycles. The zero-order valence-corrected chi connectivity index (χ0v) is 15.2. The van der Waals surface area contributed by atoms with Gasteiger partial charge in [0.2, 0.25) is 5.91 Å². The fourth-order valence-corrected chi connectivity index (χ4v) is 3.00. The van der Waals surface area contributed by atoms with Crippen LogP contribution < -0.4 is 14.8 Å². The monoisotopic (exact) mass is 366 g/mol. The minimum Gasteiger partial charge on any atom is -0.497 e. The molecule has 0 aromatic heterocycles. The molecule has 1 heterocycles. The molecule has 0 aliphatic carbocycles. The lowest BCUT2D eigenvalue weighted by molar-refractivity contribution is -0.123. The van der Waals surface area contributed by atoms with Gasteiger partial charge in [0.05, 0.1) is 44.4 Å². The first kappa shape index (κ1) is 18.7. The largest absolute Gasteiger partial charge is 0.497 e. The van der Waals surface area contributed by atoms with Gasteiger partial charge in [-0.25, -0.2) is 0 Å². The van der Waals surface area contributed by atoms with Gasteiger partial charge >= 0.3 is 0 Å². The summed E-state index contributed by atoms with van der Waals surface area (Å²) < 4.78 is 16.7. The second-order valence-electron chi connectivity index (χ2n) is 6.36. The van der Waals surface area contributed by atoms with E-state index < -0.39 is 0 Å². The Bertz CT molecular complexity index is 814. The minimum absolute atomic E-state index is 0.0906. The van der Waals surface area contributed by atoms with E-state index in [1.165, 1.54) is 0 Å². The molecule has 2 aromatic rings. The van der Waals surface area contributed by atoms with Crippen LogP contribution in [-0.4, -0.2) is 38.4 Å². The molecule has 1 fully saturated rings. The lowest BCUT2D eigenvalue weighted by Gasteiger charge is -2.32. The normalized spacial score (nSPS) is 19.0. The van der Waals surface area contributed by atoms with Gasteiger partial charge in [-0.3, -0.25) is 4.79 Å². The van der Waals surface area contributed by atoms with Crippen molar-refractivity contribution < 1.29 is 19.0 Å². The van der Waals surface area contributed by atoms with E-state index in [-0.39, 0.29) is 24.5 Å². The smallest absolute Gasteiger partial charge is 0.224 e. The predicted molar refractivity (Wildman–Crippen MR) is 99.6 cm³/mol. The third-order valence-corrected chi connectivity index (χ3v) is 4.41. The average Bonchev–Trinajstić information content (AvgIpc) is 2.70. The van der Waals surface area contributed by atoms with Crippen LogP contribution in [0.1, 0.15) is 17.5 Å². The van der Waals surface area contributed by atoms with Crippen LogP contribution >= 0.6 is 0 Å². The average molecular weight is 366 g/mol. The highest BCUT2D eigenvalue weighted by Gasteiger charge is 2.29. The predicted octanol–water partition coefficient (Wildman–Crippen LogP) is 2.46. The molecule has 0 saturated carbocycles. The van der Waals surface area contributed by atoms with Gasteiger partial charge in [0, 0.05) is 6.42 Å². The second kappa shape index (κ2) is 9.06. The Kier molecular flexibility index (Phi) is 6.29. The highest BCUT2D eigenvalue weighted by molar-refractivity contribution is 5.79. The van der Waals surface area contributed by atoms with Gasteiger partial charge in [0.25, 0.3) is 0 Å². The Labute approximate surface area is 158 Å². The van der Waals surface area contributed by atoms with Crippen LogP contribution in [0.15, 0.2) is 48.5 Å². The van der Waals surface area contributed by atoms with Crippen LogP contribution in [0.2, 0.25) is 0 Å². The number of hydrogen-bond donors (Lipinski definition) is 1. The van der Waals surface area contributed by atoms with Crippen molar-refractivity contribution in [3.05, 3.63) is 59.7 Å². The van der Waals surface area contributed by atoms with E-state index in [0.29, 0.717) is 30.9 Å². The number of methoxy groups -OCH3 is 1. The van der Waals surface area contributed by atoms with E-state index in [2.05, 4.69) is 11.4 Å². The first-order valence-corrected chi connectivity index (χ1v) is 8.85. The van der Waals surface area contributed by atoms with Crippen LogP contribution in [0.25, 0.3) is 0 Å². The van der Waals surface area contributed by atoms with E-state index in [1.807, 2.05) is 24.3 Å². The molecular formula is C21H22N2O4. The Morgan fingerprint density at radius 1 is 1.26 bits per heavy atom. The summed E-state index contributed by atoms with van der Waals surface area (Å²) in [5.74, 6) is 1.31. The summed E-state index contributed by atoms with van der Waals surface area (Å²) in [5.41, 5.74) is 1.46. The molecule has 2 aromatic carbocycles. The van der Waals surface area contributed by atoms with Gasteiger partial charge in [-0.05, 0) is 42.0 Å². The van der Waals surface area contributed by atoms with Crippen LogP contribution in [0.5, 0.6) is 11.5 Å². The lowest BCUT2D eigenvalue weighted by Crippen LogP contribution is -2.52. The van der Waals surface area contributed by atoms with Crippen molar-refractivity contribution in [2.24, 2.45) is 0 Å². The van der Waals surface area contributed by atoms with Gasteiger partial charge in [-0.15, -0.1) is 0 Å². The van der Waals surface area contributed by atoms with Crippen LogP contribution in [0, 0.1) is 11.3 Å². The van der Waals surface area contributed by atoms with Gasteiger partial charge in [-0.1, -0.05) is 12.1 Å². The number of nitrogens with one attached hydrogen (secondary N) is 1. The Morgan fingerprint density at radius 3 is 2.81 bits per heavy atom. The molecule has 1 N–H and O–H groups in total. The maximum atomic E-state index is 12.5. The van der Waals surface area contributed by atoms with Gasteiger partial charge < -0.3 is 19.5 Å². The maximum absolute atomic E-state index is 12.5. The number of hydrogen-bond acceptors (Lipinski definition) is 5. The molecule has 140 valence electrons. The number of carbonyl (C=O) groups is 1. The van der Waals surface area contributed by atoms with Gasteiger partial charge in [0.1, 0.15) is 17.6 Å². The Hall–Kier alpha value is -3.04. The molecule has 1 aliphatic heterocycles. The quantitative estimate of drug-likeness (QED) is 0.849. The molecule has 6 heteroatoms. The van der Waals surface area contributed by atoms with Crippen molar-refractivity contribution in [3.8, 4) is 17.6 Å². The van der Waals surface area contributed by atoms with E-state index in [9.17, 15) is 4.79 Å². The number of benzene rings is 2. The fourth-order valence-electron chi connectivity index (χ4n) is 3.00. The van der Waals surface area contributed by atoms with E-state index in [4.69, 9.17) is 19.5 Å². The summed E-state index contributed by atoms with van der Waals surface area (Å²) in [7, 11) is 1.60. The number of carbonyl (C=O) groups excluding carboxylic acids is 1. The van der Waals surface area contributed by atoms with Crippen LogP contribution in [0.3, 0.4) is 0 Å². The summed E-state index contributed by atoms with van der Waals surface area (Å²) in [4.78, 5) is 12.5. The fraction of sp³-hybridized carbons (Fsp3) is 0.333. The minimum atomic E-state index is -0.229.